The van der Waals surface area contributed by atoms with Crippen molar-refractivity contribution in [2.75, 3.05) is 11.9 Å². The number of nitrogens with zero attached hydrogens (tertiary/aromatic N) is 1. The first-order valence-corrected chi connectivity index (χ1v) is 7.07. The molecule has 0 unspecified atom stereocenters. The minimum absolute atomic E-state index is 0.125. The predicted octanol–water partition coefficient (Wildman–Crippen LogP) is 3.32. The molecule has 2 N–H and O–H groups in total. The summed E-state index contributed by atoms with van der Waals surface area (Å²) in [6.45, 7) is 10.4. The summed E-state index contributed by atoms with van der Waals surface area (Å²) < 4.78 is 0. The van der Waals surface area contributed by atoms with Crippen molar-refractivity contribution in [1.29, 1.82) is 0 Å². The molecule has 0 saturated heterocycles. The zero-order valence-corrected chi connectivity index (χ0v) is 13.1. The van der Waals surface area contributed by atoms with E-state index >= 15 is 0 Å². The summed E-state index contributed by atoms with van der Waals surface area (Å²) in [5.74, 6) is -0.125. The molecule has 0 aliphatic rings. The lowest BCUT2D eigenvalue weighted by atomic mass is 10.1. The maximum atomic E-state index is 11.7. The number of carbonyl (C=O) groups is 1. The Morgan fingerprint density at radius 1 is 1.20 bits per heavy atom. The molecule has 20 heavy (non-hydrogen) atoms. The summed E-state index contributed by atoms with van der Waals surface area (Å²) in [6.07, 6.45) is 1.94. The van der Waals surface area contributed by atoms with Crippen LogP contribution >= 0.6 is 0 Å². The van der Waals surface area contributed by atoms with Crippen LogP contribution in [0.3, 0.4) is 0 Å². The second kappa shape index (κ2) is 7.68. The SMILES string of the molecule is CCC/C(C)=N\NC(=O)CNc1c(C)cc(C)cc1C. The molecule has 4 heteroatoms. The largest absolute Gasteiger partial charge is 0.376 e. The van der Waals surface area contributed by atoms with E-state index in [4.69, 9.17) is 0 Å². The molecule has 0 heterocycles. The summed E-state index contributed by atoms with van der Waals surface area (Å²) in [5, 5.41) is 7.24. The van der Waals surface area contributed by atoms with E-state index in [9.17, 15) is 4.79 Å². The normalized spacial score (nSPS) is 11.3. The highest BCUT2D eigenvalue weighted by Gasteiger charge is 2.06. The topological polar surface area (TPSA) is 53.5 Å². The van der Waals surface area contributed by atoms with Crippen LogP contribution in [0.4, 0.5) is 5.69 Å². The van der Waals surface area contributed by atoms with E-state index in [-0.39, 0.29) is 12.5 Å². The van der Waals surface area contributed by atoms with Gasteiger partial charge in [-0.05, 0) is 45.2 Å². The molecule has 0 aliphatic carbocycles. The van der Waals surface area contributed by atoms with Crippen molar-refractivity contribution < 1.29 is 4.79 Å². The van der Waals surface area contributed by atoms with Gasteiger partial charge in [0.15, 0.2) is 0 Å². The molecule has 0 fully saturated rings. The van der Waals surface area contributed by atoms with Crippen molar-refractivity contribution in [3.8, 4) is 0 Å². The number of rotatable bonds is 6. The Hall–Kier alpha value is -1.84. The number of hydrogen-bond acceptors (Lipinski definition) is 3. The van der Waals surface area contributed by atoms with E-state index < -0.39 is 0 Å². The maximum Gasteiger partial charge on any atom is 0.259 e. The van der Waals surface area contributed by atoms with Gasteiger partial charge < -0.3 is 5.32 Å². The van der Waals surface area contributed by atoms with Crippen molar-refractivity contribution in [2.24, 2.45) is 5.10 Å². The minimum atomic E-state index is -0.125. The third kappa shape index (κ3) is 5.03. The number of carbonyl (C=O) groups excluding carboxylic acids is 1. The first-order valence-electron chi connectivity index (χ1n) is 7.07. The van der Waals surface area contributed by atoms with Gasteiger partial charge in [0.2, 0.25) is 0 Å². The van der Waals surface area contributed by atoms with Crippen molar-refractivity contribution in [2.45, 2.75) is 47.5 Å². The molecule has 110 valence electrons. The molecule has 0 radical (unpaired) electrons. The molecular formula is C16H25N3O. The average molecular weight is 275 g/mol. The molecule has 1 aromatic carbocycles. The number of nitrogens with one attached hydrogen (secondary N) is 2. The third-order valence-corrected chi connectivity index (χ3v) is 3.09. The zero-order valence-electron chi connectivity index (χ0n) is 13.1. The standard InChI is InChI=1S/C16H25N3O/c1-6-7-14(5)18-19-15(20)10-17-16-12(3)8-11(2)9-13(16)4/h8-9,17H,6-7,10H2,1-5H3,(H,19,20)/b18-14-. The number of benzene rings is 1. The molecule has 0 aromatic heterocycles. The number of anilines is 1. The highest BCUT2D eigenvalue weighted by atomic mass is 16.2. The Morgan fingerprint density at radius 2 is 1.80 bits per heavy atom. The summed E-state index contributed by atoms with van der Waals surface area (Å²) >= 11 is 0. The number of aryl methyl sites for hydroxylation is 3. The van der Waals surface area contributed by atoms with E-state index in [1.54, 1.807) is 0 Å². The van der Waals surface area contributed by atoms with E-state index in [1.165, 1.54) is 5.56 Å². The fourth-order valence-electron chi connectivity index (χ4n) is 2.24. The number of amides is 1. The summed E-state index contributed by atoms with van der Waals surface area (Å²) in [4.78, 5) is 11.7. The number of hydrazone groups is 1. The fraction of sp³-hybridized carbons (Fsp3) is 0.500. The highest BCUT2D eigenvalue weighted by Crippen LogP contribution is 2.21. The molecule has 0 atom stereocenters. The van der Waals surface area contributed by atoms with Gasteiger partial charge in [0.25, 0.3) is 5.91 Å². The van der Waals surface area contributed by atoms with Crippen LogP contribution in [-0.4, -0.2) is 18.2 Å². The molecule has 1 amide bonds. The second-order valence-corrected chi connectivity index (χ2v) is 5.26. The predicted molar refractivity (Wildman–Crippen MR) is 85.3 cm³/mol. The van der Waals surface area contributed by atoms with Crippen LogP contribution < -0.4 is 10.7 Å². The molecule has 0 saturated carbocycles. The van der Waals surface area contributed by atoms with Crippen LogP contribution in [-0.2, 0) is 4.79 Å². The van der Waals surface area contributed by atoms with Crippen molar-refractivity contribution >= 4 is 17.3 Å². The van der Waals surface area contributed by atoms with Gasteiger partial charge >= 0.3 is 0 Å². The van der Waals surface area contributed by atoms with Crippen molar-refractivity contribution in [3.63, 3.8) is 0 Å². The second-order valence-electron chi connectivity index (χ2n) is 5.26. The van der Waals surface area contributed by atoms with E-state index in [0.29, 0.717) is 0 Å². The molecule has 0 spiro atoms. The van der Waals surface area contributed by atoms with E-state index in [2.05, 4.69) is 41.8 Å². The Labute approximate surface area is 121 Å². The monoisotopic (exact) mass is 275 g/mol. The van der Waals surface area contributed by atoms with Gasteiger partial charge in [-0.15, -0.1) is 0 Å². The van der Waals surface area contributed by atoms with Gasteiger partial charge in [-0.1, -0.05) is 31.0 Å². The first kappa shape index (κ1) is 16.2. The lowest BCUT2D eigenvalue weighted by Gasteiger charge is -2.13. The molecular weight excluding hydrogens is 250 g/mol. The van der Waals surface area contributed by atoms with Crippen molar-refractivity contribution in [3.05, 3.63) is 28.8 Å². The zero-order chi connectivity index (χ0) is 15.1. The molecule has 0 bridgehead atoms. The van der Waals surface area contributed by atoms with Gasteiger partial charge in [0.1, 0.15) is 0 Å². The van der Waals surface area contributed by atoms with Gasteiger partial charge in [-0.2, -0.15) is 5.10 Å². The fourth-order valence-corrected chi connectivity index (χ4v) is 2.24. The molecule has 1 aromatic rings. The summed E-state index contributed by atoms with van der Waals surface area (Å²) in [7, 11) is 0. The Bertz CT molecular complexity index is 483. The van der Waals surface area contributed by atoms with E-state index in [1.807, 2.05) is 20.8 Å². The van der Waals surface area contributed by atoms with Crippen LogP contribution in [0.15, 0.2) is 17.2 Å². The Kier molecular flexibility index (Phi) is 6.22. The summed E-state index contributed by atoms with van der Waals surface area (Å²) in [6, 6.07) is 4.22. The Morgan fingerprint density at radius 3 is 2.35 bits per heavy atom. The Balaban J connectivity index is 2.56. The van der Waals surface area contributed by atoms with Gasteiger partial charge in [0, 0.05) is 11.4 Å². The first-order chi connectivity index (χ1) is 9.43. The van der Waals surface area contributed by atoms with Gasteiger partial charge in [-0.3, -0.25) is 4.79 Å². The van der Waals surface area contributed by atoms with Crippen LogP contribution in [0.2, 0.25) is 0 Å². The minimum Gasteiger partial charge on any atom is -0.376 e. The van der Waals surface area contributed by atoms with Crippen LogP contribution in [0.5, 0.6) is 0 Å². The van der Waals surface area contributed by atoms with Gasteiger partial charge in [0.05, 0.1) is 6.54 Å². The smallest absolute Gasteiger partial charge is 0.259 e. The van der Waals surface area contributed by atoms with Gasteiger partial charge in [-0.25, -0.2) is 5.43 Å². The quantitative estimate of drug-likeness (QED) is 0.618. The summed E-state index contributed by atoms with van der Waals surface area (Å²) in [5.41, 5.74) is 8.09. The molecule has 0 aliphatic heterocycles. The number of hydrogen-bond donors (Lipinski definition) is 2. The lowest BCUT2D eigenvalue weighted by molar-refractivity contribution is -0.119. The third-order valence-electron chi connectivity index (χ3n) is 3.09. The van der Waals surface area contributed by atoms with Crippen LogP contribution in [0.25, 0.3) is 0 Å². The van der Waals surface area contributed by atoms with Crippen LogP contribution in [0, 0.1) is 20.8 Å². The highest BCUT2D eigenvalue weighted by molar-refractivity contribution is 5.86. The lowest BCUT2D eigenvalue weighted by Crippen LogP contribution is -2.27. The average Bonchev–Trinajstić information content (AvgIpc) is 2.35. The molecule has 4 nitrogen and oxygen atoms in total. The molecule has 1 rings (SSSR count). The van der Waals surface area contributed by atoms with E-state index in [0.717, 1.165) is 35.4 Å². The van der Waals surface area contributed by atoms with Crippen LogP contribution in [0.1, 0.15) is 43.4 Å². The maximum absolute atomic E-state index is 11.7. The van der Waals surface area contributed by atoms with Crippen molar-refractivity contribution in [1.82, 2.24) is 5.43 Å².